The van der Waals surface area contributed by atoms with Gasteiger partial charge >= 0.3 is 0 Å². The van der Waals surface area contributed by atoms with Crippen LogP contribution < -0.4 is 5.32 Å². The van der Waals surface area contributed by atoms with Gasteiger partial charge in [0, 0.05) is 19.2 Å². The van der Waals surface area contributed by atoms with Crippen LogP contribution in [-0.2, 0) is 0 Å². The Labute approximate surface area is 117 Å². The average Bonchev–Trinajstić information content (AvgIpc) is 2.40. The summed E-state index contributed by atoms with van der Waals surface area (Å²) in [7, 11) is 0. The average molecular weight is 290 g/mol. The Bertz CT molecular complexity index is 403. The van der Waals surface area contributed by atoms with Gasteiger partial charge in [0.2, 0.25) is 0 Å². The molecule has 1 saturated carbocycles. The number of halogens is 2. The Kier molecular flexibility index (Phi) is 5.03. The van der Waals surface area contributed by atoms with Crippen molar-refractivity contribution in [3.63, 3.8) is 0 Å². The van der Waals surface area contributed by atoms with E-state index in [1.54, 1.807) is 6.07 Å². The first-order valence-electron chi connectivity index (χ1n) is 6.24. The molecule has 0 spiro atoms. The van der Waals surface area contributed by atoms with Gasteiger partial charge in [-0.2, -0.15) is 0 Å². The maximum atomic E-state index is 9.36. The lowest BCUT2D eigenvalue weighted by Crippen LogP contribution is -2.28. The van der Waals surface area contributed by atoms with Crippen molar-refractivity contribution in [1.82, 2.24) is 10.2 Å². The standard InChI is InChI=1S/C12H17Cl2N3O/c13-11-5-10(12(14)17-16-11)15-6-8-3-1-2-4-9(8)7-18/h5,8-9,18H,1-4,6-7H2,(H,15,16). The number of aromatic nitrogens is 2. The molecule has 0 bridgehead atoms. The molecule has 0 radical (unpaired) electrons. The maximum Gasteiger partial charge on any atom is 0.174 e. The third-order valence-electron chi connectivity index (χ3n) is 3.57. The fraction of sp³-hybridized carbons (Fsp3) is 0.667. The topological polar surface area (TPSA) is 58.0 Å². The number of aliphatic hydroxyl groups excluding tert-OH is 1. The van der Waals surface area contributed by atoms with Crippen LogP contribution in [0, 0.1) is 11.8 Å². The highest BCUT2D eigenvalue weighted by Gasteiger charge is 2.24. The van der Waals surface area contributed by atoms with Crippen LogP contribution in [-0.4, -0.2) is 28.5 Å². The molecule has 6 heteroatoms. The normalized spacial score (nSPS) is 23.9. The van der Waals surface area contributed by atoms with E-state index in [0.717, 1.165) is 19.4 Å². The zero-order chi connectivity index (χ0) is 13.0. The van der Waals surface area contributed by atoms with Crippen molar-refractivity contribution in [2.75, 3.05) is 18.5 Å². The molecule has 1 aliphatic rings. The van der Waals surface area contributed by atoms with Gasteiger partial charge in [0.25, 0.3) is 0 Å². The van der Waals surface area contributed by atoms with Crippen molar-refractivity contribution in [2.24, 2.45) is 11.8 Å². The van der Waals surface area contributed by atoms with E-state index in [2.05, 4.69) is 15.5 Å². The highest BCUT2D eigenvalue weighted by Crippen LogP contribution is 2.30. The van der Waals surface area contributed by atoms with Crippen molar-refractivity contribution in [3.05, 3.63) is 16.4 Å². The van der Waals surface area contributed by atoms with Crippen molar-refractivity contribution >= 4 is 28.9 Å². The molecule has 18 heavy (non-hydrogen) atoms. The molecule has 1 heterocycles. The van der Waals surface area contributed by atoms with Crippen molar-refractivity contribution in [3.8, 4) is 0 Å². The van der Waals surface area contributed by atoms with Gasteiger partial charge in [0.1, 0.15) is 0 Å². The van der Waals surface area contributed by atoms with Gasteiger partial charge in [-0.1, -0.05) is 36.0 Å². The number of hydrogen-bond donors (Lipinski definition) is 2. The molecule has 0 amide bonds. The minimum atomic E-state index is 0.259. The predicted octanol–water partition coefficient (Wildman–Crippen LogP) is 2.99. The zero-order valence-electron chi connectivity index (χ0n) is 10.1. The van der Waals surface area contributed by atoms with Gasteiger partial charge in [-0.25, -0.2) is 0 Å². The van der Waals surface area contributed by atoms with Gasteiger partial charge in [-0.15, -0.1) is 10.2 Å². The Morgan fingerprint density at radius 3 is 2.67 bits per heavy atom. The molecule has 100 valence electrons. The molecular weight excluding hydrogens is 273 g/mol. The van der Waals surface area contributed by atoms with Gasteiger partial charge in [-0.3, -0.25) is 0 Å². The first kappa shape index (κ1) is 13.8. The van der Waals surface area contributed by atoms with Gasteiger partial charge in [0.05, 0.1) is 5.69 Å². The summed E-state index contributed by atoms with van der Waals surface area (Å²) >= 11 is 11.7. The highest BCUT2D eigenvalue weighted by molar-refractivity contribution is 6.33. The molecule has 1 aromatic heterocycles. The van der Waals surface area contributed by atoms with Crippen LogP contribution in [0.4, 0.5) is 5.69 Å². The van der Waals surface area contributed by atoms with Crippen LogP contribution in [0.25, 0.3) is 0 Å². The van der Waals surface area contributed by atoms with E-state index in [9.17, 15) is 5.11 Å². The molecule has 4 nitrogen and oxygen atoms in total. The molecular formula is C12H17Cl2N3O. The molecule has 0 aliphatic heterocycles. The molecule has 2 rings (SSSR count). The van der Waals surface area contributed by atoms with Crippen LogP contribution in [0.1, 0.15) is 25.7 Å². The smallest absolute Gasteiger partial charge is 0.174 e. The van der Waals surface area contributed by atoms with Crippen molar-refractivity contribution in [1.29, 1.82) is 0 Å². The van der Waals surface area contributed by atoms with E-state index in [1.807, 2.05) is 0 Å². The van der Waals surface area contributed by atoms with Gasteiger partial charge < -0.3 is 10.4 Å². The summed E-state index contributed by atoms with van der Waals surface area (Å²) in [6, 6.07) is 1.67. The summed E-state index contributed by atoms with van der Waals surface area (Å²) in [5.41, 5.74) is 0.707. The van der Waals surface area contributed by atoms with E-state index in [0.29, 0.717) is 27.8 Å². The van der Waals surface area contributed by atoms with Crippen LogP contribution >= 0.6 is 23.2 Å². The van der Waals surface area contributed by atoms with Crippen molar-refractivity contribution in [2.45, 2.75) is 25.7 Å². The lowest BCUT2D eigenvalue weighted by atomic mass is 9.79. The largest absolute Gasteiger partial charge is 0.396 e. The summed E-state index contributed by atoms with van der Waals surface area (Å²) in [5, 5.41) is 20.7. The third kappa shape index (κ3) is 3.46. The van der Waals surface area contributed by atoms with Gasteiger partial charge in [-0.05, 0) is 24.7 Å². The van der Waals surface area contributed by atoms with Gasteiger partial charge in [0.15, 0.2) is 10.3 Å². The summed E-state index contributed by atoms with van der Waals surface area (Å²) < 4.78 is 0. The Morgan fingerprint density at radius 1 is 1.22 bits per heavy atom. The molecule has 1 aromatic rings. The molecule has 2 N–H and O–H groups in total. The fourth-order valence-electron chi connectivity index (χ4n) is 2.51. The van der Waals surface area contributed by atoms with E-state index in [4.69, 9.17) is 23.2 Å². The van der Waals surface area contributed by atoms with Crippen LogP contribution in [0.15, 0.2) is 6.07 Å². The quantitative estimate of drug-likeness (QED) is 0.895. The van der Waals surface area contributed by atoms with Crippen LogP contribution in [0.2, 0.25) is 10.3 Å². The van der Waals surface area contributed by atoms with E-state index in [1.165, 1.54) is 12.8 Å². The third-order valence-corrected chi connectivity index (χ3v) is 4.04. The Balaban J connectivity index is 1.95. The predicted molar refractivity (Wildman–Crippen MR) is 73.1 cm³/mol. The number of hydrogen-bond acceptors (Lipinski definition) is 4. The second-order valence-electron chi connectivity index (χ2n) is 4.74. The summed E-state index contributed by atoms with van der Waals surface area (Å²) in [4.78, 5) is 0. The minimum Gasteiger partial charge on any atom is -0.396 e. The van der Waals surface area contributed by atoms with Crippen LogP contribution in [0.3, 0.4) is 0 Å². The molecule has 1 fully saturated rings. The molecule has 1 aliphatic carbocycles. The highest BCUT2D eigenvalue weighted by atomic mass is 35.5. The second kappa shape index (κ2) is 6.55. The number of nitrogens with zero attached hydrogens (tertiary/aromatic N) is 2. The Hall–Kier alpha value is -0.580. The minimum absolute atomic E-state index is 0.259. The maximum absolute atomic E-state index is 9.36. The zero-order valence-corrected chi connectivity index (χ0v) is 11.6. The summed E-state index contributed by atoms with van der Waals surface area (Å²) in [6.07, 6.45) is 4.69. The van der Waals surface area contributed by atoms with E-state index in [-0.39, 0.29) is 6.61 Å². The number of anilines is 1. The molecule has 0 aromatic carbocycles. The van der Waals surface area contributed by atoms with E-state index >= 15 is 0 Å². The Morgan fingerprint density at radius 2 is 1.94 bits per heavy atom. The molecule has 2 unspecified atom stereocenters. The SMILES string of the molecule is OCC1CCCCC1CNc1cc(Cl)nnc1Cl. The molecule has 0 saturated heterocycles. The summed E-state index contributed by atoms with van der Waals surface area (Å²) in [5.74, 6) is 0.863. The lowest BCUT2D eigenvalue weighted by Gasteiger charge is -2.30. The molecule has 2 atom stereocenters. The van der Waals surface area contributed by atoms with E-state index < -0.39 is 0 Å². The van der Waals surface area contributed by atoms with Crippen molar-refractivity contribution < 1.29 is 5.11 Å². The lowest BCUT2D eigenvalue weighted by molar-refractivity contribution is 0.141. The summed E-state index contributed by atoms with van der Waals surface area (Å²) in [6.45, 7) is 1.04. The van der Waals surface area contributed by atoms with Crippen LogP contribution in [0.5, 0.6) is 0 Å². The first-order valence-corrected chi connectivity index (χ1v) is 6.99. The number of aliphatic hydroxyl groups is 1. The number of rotatable bonds is 4. The second-order valence-corrected chi connectivity index (χ2v) is 5.48. The fourth-order valence-corrected chi connectivity index (χ4v) is 2.82. The monoisotopic (exact) mass is 289 g/mol. The number of nitrogens with one attached hydrogen (secondary N) is 1. The first-order chi connectivity index (χ1) is 8.70.